The Balaban J connectivity index is 1.74. The Morgan fingerprint density at radius 2 is 1.85 bits per heavy atom. The quantitative estimate of drug-likeness (QED) is 0.604. The number of hydrogen-bond acceptors (Lipinski definition) is 5. The van der Waals surface area contributed by atoms with E-state index in [-0.39, 0.29) is 18.7 Å². The van der Waals surface area contributed by atoms with Crippen LogP contribution >= 0.6 is 11.6 Å². The largest absolute Gasteiger partial charge is 0.393 e. The molecule has 0 spiro atoms. The van der Waals surface area contributed by atoms with E-state index in [2.05, 4.69) is 5.32 Å². The van der Waals surface area contributed by atoms with E-state index in [4.69, 9.17) is 17.3 Å². The molecular weight excluding hydrogens is 502 g/mol. The van der Waals surface area contributed by atoms with Crippen LogP contribution in [0.25, 0.3) is 0 Å². The van der Waals surface area contributed by atoms with E-state index in [0.29, 0.717) is 16.7 Å². The van der Waals surface area contributed by atoms with Crippen molar-refractivity contribution >= 4 is 38.9 Å². The number of rotatable bonds is 4. The van der Waals surface area contributed by atoms with Crippen LogP contribution in [-0.2, 0) is 21.2 Å². The molecule has 0 aromatic heterocycles. The second-order valence-electron chi connectivity index (χ2n) is 8.20. The molecule has 4 rings (SSSR count). The summed E-state index contributed by atoms with van der Waals surface area (Å²) in [5, 5.41) is 2.53. The van der Waals surface area contributed by atoms with Gasteiger partial charge in [-0.2, -0.15) is 13.2 Å². The van der Waals surface area contributed by atoms with E-state index in [1.54, 1.807) is 24.3 Å². The highest BCUT2D eigenvalue weighted by atomic mass is 35.5. The van der Waals surface area contributed by atoms with E-state index in [9.17, 15) is 35.6 Å². The maximum Gasteiger partial charge on any atom is 0.393 e. The Hall–Kier alpha value is -2.70. The average Bonchev–Trinajstić information content (AvgIpc) is 3.52. The number of anilines is 1. The van der Waals surface area contributed by atoms with Crippen LogP contribution in [0, 0.1) is 11.7 Å². The molecular formula is C21H18ClF4N3O4S. The second kappa shape index (κ2) is 8.51. The van der Waals surface area contributed by atoms with Gasteiger partial charge in [-0.05, 0) is 36.2 Å². The number of alkyl halides is 3. The molecule has 2 unspecified atom stereocenters. The first-order chi connectivity index (χ1) is 15.8. The van der Waals surface area contributed by atoms with E-state index < -0.39 is 67.9 Å². The molecule has 1 fully saturated rings. The molecule has 2 amide bonds. The number of benzene rings is 2. The van der Waals surface area contributed by atoms with Gasteiger partial charge in [-0.25, -0.2) is 12.8 Å². The smallest absolute Gasteiger partial charge is 0.349 e. The number of amides is 2. The zero-order chi connectivity index (χ0) is 25.0. The Morgan fingerprint density at radius 1 is 1.21 bits per heavy atom. The van der Waals surface area contributed by atoms with Crippen molar-refractivity contribution < 1.29 is 35.6 Å². The lowest BCUT2D eigenvalue weighted by molar-refractivity contribution is -0.148. The fraction of sp³-hybridized carbons (Fsp3) is 0.333. The van der Waals surface area contributed by atoms with E-state index in [0.717, 1.165) is 11.0 Å². The number of halogens is 5. The number of nitrogens with one attached hydrogen (secondary N) is 1. The summed E-state index contributed by atoms with van der Waals surface area (Å²) in [4.78, 5) is 26.0. The number of fused-ring (bicyclic) bond motifs is 1. The van der Waals surface area contributed by atoms with Crippen molar-refractivity contribution in [3.8, 4) is 0 Å². The minimum atomic E-state index is -4.50. The van der Waals surface area contributed by atoms with Crippen molar-refractivity contribution in [2.75, 3.05) is 10.7 Å². The monoisotopic (exact) mass is 519 g/mol. The van der Waals surface area contributed by atoms with Gasteiger partial charge in [-0.1, -0.05) is 23.7 Å². The van der Waals surface area contributed by atoms with E-state index in [1.165, 1.54) is 0 Å². The number of sulfone groups is 1. The third-order valence-corrected chi connectivity index (χ3v) is 7.73. The van der Waals surface area contributed by atoms with Gasteiger partial charge in [0.2, 0.25) is 5.91 Å². The lowest BCUT2D eigenvalue weighted by Crippen LogP contribution is -2.45. The summed E-state index contributed by atoms with van der Waals surface area (Å²) in [6.45, 7) is -0.169. The summed E-state index contributed by atoms with van der Waals surface area (Å²) in [6, 6.07) is 5.05. The molecule has 13 heteroatoms. The second-order valence-corrected chi connectivity index (χ2v) is 10.6. The molecule has 3 N–H and O–H groups in total. The van der Waals surface area contributed by atoms with Crippen LogP contribution in [0.2, 0.25) is 5.02 Å². The van der Waals surface area contributed by atoms with Crippen molar-refractivity contribution in [2.45, 2.75) is 36.1 Å². The Labute approximate surface area is 196 Å². The first-order valence-corrected chi connectivity index (χ1v) is 12.1. The lowest BCUT2D eigenvalue weighted by Gasteiger charge is -2.25. The van der Waals surface area contributed by atoms with Crippen molar-refractivity contribution in [3.63, 3.8) is 0 Å². The molecule has 1 heterocycles. The fourth-order valence-corrected chi connectivity index (χ4v) is 5.48. The Bertz CT molecular complexity index is 1270. The molecule has 0 radical (unpaired) electrons. The molecule has 34 heavy (non-hydrogen) atoms. The predicted molar refractivity (Wildman–Crippen MR) is 114 cm³/mol. The topological polar surface area (TPSA) is 110 Å². The highest BCUT2D eigenvalue weighted by Crippen LogP contribution is 2.45. The molecule has 1 aliphatic heterocycles. The number of nitrogens with zero attached hydrogens (tertiary/aromatic N) is 1. The molecule has 2 aliphatic rings. The third-order valence-electron chi connectivity index (χ3n) is 5.68. The van der Waals surface area contributed by atoms with Crippen LogP contribution in [0.1, 0.15) is 22.3 Å². The summed E-state index contributed by atoms with van der Waals surface area (Å²) in [5.41, 5.74) is 5.36. The van der Waals surface area contributed by atoms with Crippen molar-refractivity contribution in [3.05, 3.63) is 58.4 Å². The van der Waals surface area contributed by atoms with Crippen molar-refractivity contribution in [2.24, 2.45) is 11.7 Å². The highest BCUT2D eigenvalue weighted by Gasteiger charge is 2.56. The average molecular weight is 520 g/mol. The van der Waals surface area contributed by atoms with Gasteiger partial charge in [0.15, 0.2) is 9.84 Å². The molecule has 1 saturated carbocycles. The number of hydrogen-bond donors (Lipinski definition) is 2. The summed E-state index contributed by atoms with van der Waals surface area (Å²) in [6.07, 6.45) is -4.84. The standard InChI is InChI=1S/C21H18ClF4N3O4S/c22-11-3-1-10(2-4-11)8-29-17-5-12(19(30)28-16-6-13(16)21(24,25)26)14(23)7-18(17)34(32,33)9-15(27)20(29)31/h1-5,7,13,15-16H,6,8-9,27H2,(H,28,30)/t13?,15-,16?/m0/s1. The van der Waals surface area contributed by atoms with Crippen LogP contribution < -0.4 is 16.0 Å². The number of nitrogens with two attached hydrogens (primary N) is 1. The maximum absolute atomic E-state index is 14.8. The zero-order valence-electron chi connectivity index (χ0n) is 17.3. The van der Waals surface area contributed by atoms with Gasteiger partial charge in [0.05, 0.1) is 40.4 Å². The van der Waals surface area contributed by atoms with Gasteiger partial charge in [-0.3, -0.25) is 9.59 Å². The molecule has 0 saturated heterocycles. The molecule has 3 atom stereocenters. The van der Waals surface area contributed by atoms with Gasteiger partial charge in [0.25, 0.3) is 5.91 Å². The maximum atomic E-state index is 14.8. The number of carbonyl (C=O) groups excluding carboxylic acids is 2. The normalized spacial score (nSPS) is 23.8. The lowest BCUT2D eigenvalue weighted by atomic mass is 10.1. The van der Waals surface area contributed by atoms with Crippen molar-refractivity contribution in [1.82, 2.24) is 5.32 Å². The number of carbonyl (C=O) groups is 2. The summed E-state index contributed by atoms with van der Waals surface area (Å²) in [7, 11) is -4.23. The van der Waals surface area contributed by atoms with Gasteiger partial charge in [-0.15, -0.1) is 0 Å². The zero-order valence-corrected chi connectivity index (χ0v) is 18.8. The molecule has 1 aliphatic carbocycles. The molecule has 0 bridgehead atoms. The Kier molecular flexibility index (Phi) is 6.11. The summed E-state index contributed by atoms with van der Waals surface area (Å²) >= 11 is 5.87. The van der Waals surface area contributed by atoms with Crippen molar-refractivity contribution in [1.29, 1.82) is 0 Å². The Morgan fingerprint density at radius 3 is 2.44 bits per heavy atom. The van der Waals surface area contributed by atoms with E-state index >= 15 is 0 Å². The van der Waals surface area contributed by atoms with Gasteiger partial charge in [0, 0.05) is 11.1 Å². The SMILES string of the molecule is N[C@H]1CS(=O)(=O)c2cc(F)c(C(=O)NC3CC3C(F)(F)F)cc2N(Cc2ccc(Cl)cc2)C1=O. The summed E-state index contributed by atoms with van der Waals surface area (Å²) < 4.78 is 78.8. The minimum Gasteiger partial charge on any atom is -0.349 e. The van der Waals surface area contributed by atoms with Crippen LogP contribution in [-0.4, -0.2) is 44.2 Å². The first-order valence-electron chi connectivity index (χ1n) is 10.0. The molecule has 2 aromatic carbocycles. The highest BCUT2D eigenvalue weighted by molar-refractivity contribution is 7.91. The van der Waals surface area contributed by atoms with Crippen LogP contribution in [0.4, 0.5) is 23.2 Å². The third kappa shape index (κ3) is 4.75. The molecule has 182 valence electrons. The van der Waals surface area contributed by atoms with Crippen LogP contribution in [0.5, 0.6) is 0 Å². The molecule has 7 nitrogen and oxygen atoms in total. The van der Waals surface area contributed by atoms with Gasteiger partial charge in [0.1, 0.15) is 5.82 Å². The predicted octanol–water partition coefficient (Wildman–Crippen LogP) is 2.81. The van der Waals surface area contributed by atoms with Crippen LogP contribution in [0.3, 0.4) is 0 Å². The summed E-state index contributed by atoms with van der Waals surface area (Å²) in [5.74, 6) is -5.70. The van der Waals surface area contributed by atoms with Gasteiger partial charge < -0.3 is 16.0 Å². The van der Waals surface area contributed by atoms with Gasteiger partial charge >= 0.3 is 6.18 Å². The first kappa shape index (κ1) is 24.4. The fourth-order valence-electron chi connectivity index (χ4n) is 3.79. The van der Waals surface area contributed by atoms with E-state index in [1.807, 2.05) is 0 Å². The minimum absolute atomic E-state index is 0.169. The van der Waals surface area contributed by atoms with Crippen LogP contribution in [0.15, 0.2) is 41.3 Å². The molecule has 2 aromatic rings.